The monoisotopic (exact) mass is 324 g/mol. The molecule has 0 fully saturated rings. The van der Waals surface area contributed by atoms with E-state index in [-0.39, 0.29) is 6.04 Å². The van der Waals surface area contributed by atoms with Gasteiger partial charge in [0.15, 0.2) is 0 Å². The summed E-state index contributed by atoms with van der Waals surface area (Å²) in [6, 6.07) is 10.3. The molecule has 0 spiro atoms. The van der Waals surface area contributed by atoms with Crippen molar-refractivity contribution >= 4 is 22.9 Å². The molecule has 0 amide bonds. The average molecular weight is 325 g/mol. The summed E-state index contributed by atoms with van der Waals surface area (Å²) in [5.41, 5.74) is 7.08. The maximum absolute atomic E-state index is 6.21. The fourth-order valence-corrected chi connectivity index (χ4v) is 3.32. The molecule has 0 aliphatic heterocycles. The highest BCUT2D eigenvalue weighted by Gasteiger charge is 2.16. The van der Waals surface area contributed by atoms with E-state index in [1.54, 1.807) is 18.4 Å². The van der Waals surface area contributed by atoms with Crippen LogP contribution in [0.4, 0.5) is 0 Å². The Balaban J connectivity index is 2.05. The van der Waals surface area contributed by atoms with Crippen LogP contribution in [0.2, 0.25) is 5.02 Å². The smallest absolute Gasteiger partial charge is 0.137 e. The van der Waals surface area contributed by atoms with E-state index in [9.17, 15) is 0 Å². The number of rotatable bonds is 7. The van der Waals surface area contributed by atoms with Gasteiger partial charge in [0.1, 0.15) is 5.75 Å². The number of nitrogens with two attached hydrogens (primary N) is 1. The molecule has 1 aromatic heterocycles. The summed E-state index contributed by atoms with van der Waals surface area (Å²) in [5, 5.41) is 2.74. The van der Waals surface area contributed by atoms with Crippen LogP contribution in [0.1, 0.15) is 16.5 Å². The molecule has 1 unspecified atom stereocenters. The minimum Gasteiger partial charge on any atom is -0.495 e. The zero-order chi connectivity index (χ0) is 15.2. The van der Waals surface area contributed by atoms with Gasteiger partial charge in [-0.2, -0.15) is 0 Å². The van der Waals surface area contributed by atoms with Crippen LogP contribution in [0.15, 0.2) is 35.7 Å². The van der Waals surface area contributed by atoms with E-state index in [1.165, 1.54) is 4.88 Å². The summed E-state index contributed by atoms with van der Waals surface area (Å²) in [6.45, 7) is 1.52. The molecule has 1 atom stereocenters. The van der Waals surface area contributed by atoms with Gasteiger partial charge in [0.2, 0.25) is 0 Å². The van der Waals surface area contributed by atoms with Gasteiger partial charge in [0, 0.05) is 24.0 Å². The molecule has 0 saturated heterocycles. The Bertz CT molecular complexity index is 559. The van der Waals surface area contributed by atoms with E-state index in [2.05, 4.69) is 29.5 Å². The van der Waals surface area contributed by atoms with Crippen LogP contribution in [-0.2, 0) is 6.42 Å². The molecule has 0 bridgehead atoms. The Morgan fingerprint density at radius 2 is 2.19 bits per heavy atom. The van der Waals surface area contributed by atoms with Gasteiger partial charge in [0.05, 0.1) is 12.1 Å². The molecule has 2 aromatic rings. The molecule has 21 heavy (non-hydrogen) atoms. The van der Waals surface area contributed by atoms with Gasteiger partial charge in [0.25, 0.3) is 0 Å². The molecule has 0 aliphatic carbocycles. The van der Waals surface area contributed by atoms with Gasteiger partial charge in [-0.3, -0.25) is 4.90 Å². The van der Waals surface area contributed by atoms with Crippen molar-refractivity contribution in [1.29, 1.82) is 0 Å². The van der Waals surface area contributed by atoms with E-state index in [1.807, 2.05) is 18.2 Å². The Kier molecular flexibility index (Phi) is 6.06. The maximum Gasteiger partial charge on any atom is 0.137 e. The summed E-state index contributed by atoms with van der Waals surface area (Å²) in [7, 11) is 3.72. The Morgan fingerprint density at radius 3 is 2.76 bits per heavy atom. The highest BCUT2D eigenvalue weighted by Crippen LogP contribution is 2.29. The molecule has 0 radical (unpaired) electrons. The maximum atomic E-state index is 6.21. The predicted octanol–water partition coefficient (Wildman–Crippen LogP) is 3.58. The van der Waals surface area contributed by atoms with Gasteiger partial charge >= 0.3 is 0 Å². The third-order valence-corrected chi connectivity index (χ3v) is 4.84. The second kappa shape index (κ2) is 7.80. The fraction of sp³-hybridized carbons (Fsp3) is 0.375. The largest absolute Gasteiger partial charge is 0.495 e. The van der Waals surface area contributed by atoms with Crippen molar-refractivity contribution in [2.45, 2.75) is 12.5 Å². The molecular weight excluding hydrogens is 304 g/mol. The van der Waals surface area contributed by atoms with Gasteiger partial charge in [-0.15, -0.1) is 11.3 Å². The summed E-state index contributed by atoms with van der Waals surface area (Å²) in [5.74, 6) is 0.692. The fourth-order valence-electron chi connectivity index (χ4n) is 2.36. The second-order valence-electron chi connectivity index (χ2n) is 4.96. The lowest BCUT2D eigenvalue weighted by molar-refractivity contribution is 0.253. The van der Waals surface area contributed by atoms with Crippen LogP contribution < -0.4 is 10.5 Å². The molecule has 2 rings (SSSR count). The number of halogens is 1. The van der Waals surface area contributed by atoms with Crippen LogP contribution in [0.5, 0.6) is 5.75 Å². The summed E-state index contributed by atoms with van der Waals surface area (Å²) >= 11 is 8.00. The van der Waals surface area contributed by atoms with Crippen molar-refractivity contribution in [1.82, 2.24) is 4.90 Å². The first-order chi connectivity index (χ1) is 10.2. The van der Waals surface area contributed by atoms with E-state index in [0.29, 0.717) is 17.3 Å². The summed E-state index contributed by atoms with van der Waals surface area (Å²) in [6.07, 6.45) is 1.04. The van der Waals surface area contributed by atoms with Gasteiger partial charge in [-0.1, -0.05) is 23.7 Å². The van der Waals surface area contributed by atoms with E-state index in [4.69, 9.17) is 22.1 Å². The lowest BCUT2D eigenvalue weighted by atomic mass is 10.1. The third-order valence-electron chi connectivity index (χ3n) is 3.61. The number of hydrogen-bond acceptors (Lipinski definition) is 4. The quantitative estimate of drug-likeness (QED) is 0.846. The highest BCUT2D eigenvalue weighted by atomic mass is 35.5. The number of nitrogens with zero attached hydrogens (tertiary/aromatic N) is 1. The Hall–Kier alpha value is -1.07. The lowest BCUT2D eigenvalue weighted by Crippen LogP contribution is -2.32. The van der Waals surface area contributed by atoms with E-state index in [0.717, 1.165) is 18.5 Å². The molecule has 2 N–H and O–H groups in total. The normalized spacial score (nSPS) is 12.6. The number of benzene rings is 1. The van der Waals surface area contributed by atoms with Gasteiger partial charge in [-0.25, -0.2) is 0 Å². The molecular formula is C16H21ClN2OS. The van der Waals surface area contributed by atoms with Gasteiger partial charge in [-0.05, 0) is 42.6 Å². The predicted molar refractivity (Wildman–Crippen MR) is 90.5 cm³/mol. The van der Waals surface area contributed by atoms with Crippen molar-refractivity contribution in [2.75, 3.05) is 27.2 Å². The first kappa shape index (κ1) is 16.3. The molecule has 0 aliphatic rings. The number of hydrogen-bond donors (Lipinski definition) is 1. The number of likely N-dealkylation sites (N-methyl/N-ethyl adjacent to an activating group) is 1. The van der Waals surface area contributed by atoms with Crippen LogP contribution >= 0.6 is 22.9 Å². The second-order valence-corrected chi connectivity index (χ2v) is 6.39. The van der Waals surface area contributed by atoms with E-state index < -0.39 is 0 Å². The van der Waals surface area contributed by atoms with Crippen LogP contribution in [0, 0.1) is 0 Å². The molecule has 1 aromatic carbocycles. The first-order valence-electron chi connectivity index (χ1n) is 6.91. The number of methoxy groups -OCH3 is 1. The minimum atomic E-state index is 0.161. The average Bonchev–Trinajstić information content (AvgIpc) is 2.99. The lowest BCUT2D eigenvalue weighted by Gasteiger charge is -2.27. The zero-order valence-electron chi connectivity index (χ0n) is 12.4. The molecule has 3 nitrogen and oxygen atoms in total. The summed E-state index contributed by atoms with van der Waals surface area (Å²) < 4.78 is 5.19. The van der Waals surface area contributed by atoms with Crippen LogP contribution in [0.3, 0.4) is 0 Å². The highest BCUT2D eigenvalue weighted by molar-refractivity contribution is 7.09. The van der Waals surface area contributed by atoms with E-state index >= 15 is 0 Å². The van der Waals surface area contributed by atoms with Crippen molar-refractivity contribution in [3.8, 4) is 5.75 Å². The molecule has 0 saturated carbocycles. The third kappa shape index (κ3) is 4.20. The standard InChI is InChI=1S/C16H21ClN2OS/c1-19(8-7-13-4-3-9-21-13)15(11-18)12-5-6-16(20-2)14(17)10-12/h3-6,9-10,15H,7-8,11,18H2,1-2H3. The topological polar surface area (TPSA) is 38.5 Å². The SMILES string of the molecule is COc1ccc(C(CN)N(C)CCc2cccs2)cc1Cl. The molecule has 114 valence electrons. The van der Waals surface area contributed by atoms with Crippen molar-refractivity contribution < 1.29 is 4.74 Å². The van der Waals surface area contributed by atoms with Crippen molar-refractivity contribution in [3.63, 3.8) is 0 Å². The van der Waals surface area contributed by atoms with Gasteiger partial charge < -0.3 is 10.5 Å². The minimum absolute atomic E-state index is 0.161. The molecule has 1 heterocycles. The Morgan fingerprint density at radius 1 is 1.38 bits per heavy atom. The number of ether oxygens (including phenoxy) is 1. The number of thiophene rings is 1. The molecule has 5 heteroatoms. The Labute approximate surface area is 135 Å². The van der Waals surface area contributed by atoms with Crippen molar-refractivity contribution in [2.24, 2.45) is 5.73 Å². The zero-order valence-corrected chi connectivity index (χ0v) is 14.0. The first-order valence-corrected chi connectivity index (χ1v) is 8.17. The van der Waals surface area contributed by atoms with Crippen LogP contribution in [-0.4, -0.2) is 32.1 Å². The van der Waals surface area contributed by atoms with Crippen molar-refractivity contribution in [3.05, 3.63) is 51.2 Å². The van der Waals surface area contributed by atoms with Crippen LogP contribution in [0.25, 0.3) is 0 Å². The summed E-state index contributed by atoms with van der Waals surface area (Å²) in [4.78, 5) is 3.67.